The molecule has 0 aromatic heterocycles. The first-order chi connectivity index (χ1) is 5.22. The Hall–Kier alpha value is -0.990. The summed E-state index contributed by atoms with van der Waals surface area (Å²) in [6.07, 6.45) is -4.39. The van der Waals surface area contributed by atoms with Crippen molar-refractivity contribution in [2.75, 3.05) is 0 Å². The van der Waals surface area contributed by atoms with Gasteiger partial charge in [-0.1, -0.05) is 30.3 Å². The van der Waals surface area contributed by atoms with Crippen LogP contribution in [0.1, 0.15) is 5.56 Å². The van der Waals surface area contributed by atoms with Crippen LogP contribution in [0.15, 0.2) is 30.3 Å². The molecular weight excluding hydrogens is 153 g/mol. The Morgan fingerprint density at radius 2 is 1.64 bits per heavy atom. The van der Waals surface area contributed by atoms with E-state index in [1.54, 1.807) is 6.07 Å². The summed E-state index contributed by atoms with van der Waals surface area (Å²) in [5, 5.41) is 0. The highest BCUT2D eigenvalue weighted by molar-refractivity contribution is 5.27. The van der Waals surface area contributed by atoms with Crippen molar-refractivity contribution in [3.05, 3.63) is 42.1 Å². The second-order valence-electron chi connectivity index (χ2n) is 2.01. The molecule has 0 spiro atoms. The van der Waals surface area contributed by atoms with Gasteiger partial charge >= 0.3 is 0 Å². The molecule has 0 aliphatic carbocycles. The van der Waals surface area contributed by atoms with Crippen LogP contribution in [0.5, 0.6) is 0 Å². The van der Waals surface area contributed by atoms with E-state index in [2.05, 4.69) is 0 Å². The summed E-state index contributed by atoms with van der Waals surface area (Å²) < 4.78 is 35.8. The Morgan fingerprint density at radius 1 is 1.09 bits per heavy atom. The van der Waals surface area contributed by atoms with Gasteiger partial charge in [-0.25, -0.2) is 13.2 Å². The summed E-state index contributed by atoms with van der Waals surface area (Å²) >= 11 is 0. The second-order valence-corrected chi connectivity index (χ2v) is 2.01. The Morgan fingerprint density at radius 3 is 2.09 bits per heavy atom. The highest BCUT2D eigenvalue weighted by Crippen LogP contribution is 2.22. The molecule has 59 valence electrons. The van der Waals surface area contributed by atoms with Crippen molar-refractivity contribution >= 4 is 0 Å². The molecule has 0 bridgehead atoms. The van der Waals surface area contributed by atoms with E-state index in [1.807, 2.05) is 0 Å². The third-order valence-corrected chi connectivity index (χ3v) is 1.24. The lowest BCUT2D eigenvalue weighted by atomic mass is 10.1. The molecule has 0 unspecified atom stereocenters. The van der Waals surface area contributed by atoms with Gasteiger partial charge in [0.2, 0.25) is 6.17 Å². The van der Waals surface area contributed by atoms with Crippen molar-refractivity contribution < 1.29 is 13.2 Å². The fraction of sp³-hybridized carbons (Fsp3) is 0.125. The smallest absolute Gasteiger partial charge is 0.228 e. The van der Waals surface area contributed by atoms with Crippen LogP contribution in [0.2, 0.25) is 0 Å². The molecule has 11 heavy (non-hydrogen) atoms. The third-order valence-electron chi connectivity index (χ3n) is 1.24. The van der Waals surface area contributed by atoms with Crippen LogP contribution in [0.3, 0.4) is 0 Å². The average molecular weight is 159 g/mol. The van der Waals surface area contributed by atoms with Gasteiger partial charge in [0.05, 0.1) is 0 Å². The first-order valence-electron chi connectivity index (χ1n) is 3.07. The van der Waals surface area contributed by atoms with E-state index in [1.165, 1.54) is 24.3 Å². The Kier molecular flexibility index (Phi) is 2.52. The highest BCUT2D eigenvalue weighted by atomic mass is 19.3. The van der Waals surface area contributed by atoms with Crippen molar-refractivity contribution in [2.45, 2.75) is 6.43 Å². The summed E-state index contributed by atoms with van der Waals surface area (Å²) in [6.45, 7) is 0. The van der Waals surface area contributed by atoms with Crippen molar-refractivity contribution in [1.29, 1.82) is 0 Å². The summed E-state index contributed by atoms with van der Waals surface area (Å²) in [5.74, 6) is 0. The normalized spacial score (nSPS) is 11.0. The van der Waals surface area contributed by atoms with Crippen LogP contribution in [-0.2, 0) is 0 Å². The largest absolute Gasteiger partial charge is 0.280 e. The van der Waals surface area contributed by atoms with Crippen molar-refractivity contribution in [3.8, 4) is 0 Å². The topological polar surface area (TPSA) is 0 Å². The maximum Gasteiger partial charge on any atom is 0.280 e. The zero-order chi connectivity index (χ0) is 8.27. The average Bonchev–Trinajstić information content (AvgIpc) is 2.05. The Balaban J connectivity index is 2.77. The maximum atomic E-state index is 12.4. The summed E-state index contributed by atoms with van der Waals surface area (Å²) in [5.41, 5.74) is -0.0532. The molecule has 0 aliphatic rings. The van der Waals surface area contributed by atoms with E-state index in [0.29, 0.717) is 0 Å². The zero-order valence-corrected chi connectivity index (χ0v) is 5.60. The van der Waals surface area contributed by atoms with E-state index in [9.17, 15) is 13.2 Å². The van der Waals surface area contributed by atoms with Gasteiger partial charge in [0.1, 0.15) is 0 Å². The number of hydrogen-bond donors (Lipinski definition) is 0. The molecule has 0 saturated carbocycles. The first-order valence-corrected chi connectivity index (χ1v) is 3.07. The summed E-state index contributed by atoms with van der Waals surface area (Å²) in [6, 6.07) is 7.28. The van der Waals surface area contributed by atoms with Gasteiger partial charge in [-0.2, -0.15) is 0 Å². The number of rotatable bonds is 2. The molecule has 1 radical (unpaired) electrons. The highest BCUT2D eigenvalue weighted by Gasteiger charge is 2.22. The van der Waals surface area contributed by atoms with Crippen LogP contribution in [0.25, 0.3) is 0 Å². The van der Waals surface area contributed by atoms with E-state index in [-0.39, 0.29) is 5.56 Å². The fourth-order valence-electron chi connectivity index (χ4n) is 0.723. The van der Waals surface area contributed by atoms with E-state index < -0.39 is 12.6 Å². The molecule has 0 N–H and O–H groups in total. The molecular formula is C8H6F3. The van der Waals surface area contributed by atoms with Crippen LogP contribution >= 0.6 is 0 Å². The molecule has 0 fully saturated rings. The Labute approximate surface area is 62.7 Å². The maximum absolute atomic E-state index is 12.4. The number of alkyl halides is 2. The predicted molar refractivity (Wildman–Crippen MR) is 35.9 cm³/mol. The second kappa shape index (κ2) is 3.42. The monoisotopic (exact) mass is 159 g/mol. The van der Waals surface area contributed by atoms with Gasteiger partial charge in [-0.05, 0) is 5.56 Å². The quantitative estimate of drug-likeness (QED) is 0.622. The summed E-state index contributed by atoms with van der Waals surface area (Å²) in [4.78, 5) is 0. The van der Waals surface area contributed by atoms with Crippen molar-refractivity contribution in [2.24, 2.45) is 0 Å². The van der Waals surface area contributed by atoms with Gasteiger partial charge in [-0.15, -0.1) is 0 Å². The SMILES string of the molecule is F[C](c1ccccc1)C(F)F. The third kappa shape index (κ3) is 1.97. The fourth-order valence-corrected chi connectivity index (χ4v) is 0.723. The molecule has 0 nitrogen and oxygen atoms in total. The van der Waals surface area contributed by atoms with Crippen LogP contribution in [-0.4, -0.2) is 6.43 Å². The van der Waals surface area contributed by atoms with E-state index in [0.717, 1.165) is 0 Å². The van der Waals surface area contributed by atoms with Crippen LogP contribution < -0.4 is 0 Å². The first kappa shape index (κ1) is 8.11. The predicted octanol–water partition coefficient (Wildman–Crippen LogP) is 2.80. The molecule has 0 saturated heterocycles. The van der Waals surface area contributed by atoms with Gasteiger partial charge in [0.15, 0.2) is 0 Å². The number of hydrogen-bond acceptors (Lipinski definition) is 0. The Bertz CT molecular complexity index is 208. The van der Waals surface area contributed by atoms with E-state index >= 15 is 0 Å². The number of benzene rings is 1. The minimum absolute atomic E-state index is 0.0532. The lowest BCUT2D eigenvalue weighted by Crippen LogP contribution is -2.03. The molecule has 1 rings (SSSR count). The van der Waals surface area contributed by atoms with Gasteiger partial charge in [0, 0.05) is 0 Å². The molecule has 0 atom stereocenters. The van der Waals surface area contributed by atoms with Gasteiger partial charge in [-0.3, -0.25) is 0 Å². The van der Waals surface area contributed by atoms with Crippen molar-refractivity contribution in [1.82, 2.24) is 0 Å². The molecule has 1 aromatic carbocycles. The van der Waals surface area contributed by atoms with Crippen LogP contribution in [0, 0.1) is 6.17 Å². The minimum Gasteiger partial charge on any atom is -0.228 e. The van der Waals surface area contributed by atoms with Crippen LogP contribution in [0.4, 0.5) is 13.2 Å². The van der Waals surface area contributed by atoms with Gasteiger partial charge < -0.3 is 0 Å². The standard InChI is InChI=1S/C8H6F3/c9-7(8(10)11)6-4-2-1-3-5-6/h1-5,8H. The van der Waals surface area contributed by atoms with E-state index in [4.69, 9.17) is 0 Å². The molecule has 0 aliphatic heterocycles. The zero-order valence-electron chi connectivity index (χ0n) is 5.60. The molecule has 1 aromatic rings. The lowest BCUT2D eigenvalue weighted by Gasteiger charge is -2.03. The molecule has 3 heteroatoms. The van der Waals surface area contributed by atoms with Gasteiger partial charge in [0.25, 0.3) is 6.43 Å². The lowest BCUT2D eigenvalue weighted by molar-refractivity contribution is 0.127. The summed E-state index contributed by atoms with van der Waals surface area (Å²) in [7, 11) is 0. The minimum atomic E-state index is -3.02. The van der Waals surface area contributed by atoms with Crippen molar-refractivity contribution in [3.63, 3.8) is 0 Å². The number of halogens is 3. The molecule has 0 amide bonds. The molecule has 0 heterocycles.